The van der Waals surface area contributed by atoms with Crippen molar-refractivity contribution in [2.45, 2.75) is 25.9 Å². The maximum absolute atomic E-state index is 11.2. The van der Waals surface area contributed by atoms with Crippen LogP contribution < -0.4 is 4.74 Å². The second-order valence-electron chi connectivity index (χ2n) is 4.25. The quantitative estimate of drug-likeness (QED) is 0.811. The van der Waals surface area contributed by atoms with Crippen LogP contribution in [-0.4, -0.2) is 30.0 Å². The molecule has 0 unspecified atom stereocenters. The summed E-state index contributed by atoms with van der Waals surface area (Å²) >= 11 is 6.03. The molecule has 1 heterocycles. The Balaban J connectivity index is 1.90. The van der Waals surface area contributed by atoms with Crippen molar-refractivity contribution in [2.24, 2.45) is 0 Å². The largest absolute Gasteiger partial charge is 0.489 e. The summed E-state index contributed by atoms with van der Waals surface area (Å²) in [6.45, 7) is 3.14. The number of piperidine rings is 1. The van der Waals surface area contributed by atoms with Gasteiger partial charge in [0.05, 0.1) is 5.02 Å². The van der Waals surface area contributed by atoms with E-state index in [4.69, 9.17) is 16.3 Å². The number of benzene rings is 1. The highest BCUT2D eigenvalue weighted by atomic mass is 35.5. The monoisotopic (exact) mass is 253 g/mol. The molecular formula is C13H16ClNO2. The molecule has 0 radical (unpaired) electrons. The highest BCUT2D eigenvalue weighted by Crippen LogP contribution is 2.26. The molecular weight excluding hydrogens is 238 g/mol. The Hall–Kier alpha value is -1.22. The smallest absolute Gasteiger partial charge is 0.219 e. The zero-order chi connectivity index (χ0) is 12.3. The van der Waals surface area contributed by atoms with E-state index in [1.807, 2.05) is 29.2 Å². The summed E-state index contributed by atoms with van der Waals surface area (Å²) in [5, 5.41) is 0.640. The van der Waals surface area contributed by atoms with E-state index in [0.29, 0.717) is 5.02 Å². The summed E-state index contributed by atoms with van der Waals surface area (Å²) in [5.74, 6) is 0.872. The first-order chi connectivity index (χ1) is 8.16. The minimum atomic E-state index is 0.140. The van der Waals surface area contributed by atoms with Crippen molar-refractivity contribution >= 4 is 17.5 Å². The number of carbonyl (C=O) groups is 1. The molecule has 0 saturated carbocycles. The third-order valence-corrected chi connectivity index (χ3v) is 3.33. The van der Waals surface area contributed by atoms with Gasteiger partial charge in [-0.2, -0.15) is 0 Å². The van der Waals surface area contributed by atoms with E-state index in [-0.39, 0.29) is 12.0 Å². The van der Waals surface area contributed by atoms with Crippen LogP contribution in [0.5, 0.6) is 5.75 Å². The van der Waals surface area contributed by atoms with Crippen LogP contribution in [-0.2, 0) is 4.79 Å². The third-order valence-electron chi connectivity index (χ3n) is 3.02. The van der Waals surface area contributed by atoms with Crippen LogP contribution in [0.3, 0.4) is 0 Å². The average molecular weight is 254 g/mol. The first-order valence-corrected chi connectivity index (χ1v) is 6.21. The number of ether oxygens (including phenoxy) is 1. The topological polar surface area (TPSA) is 29.5 Å². The molecule has 4 heteroatoms. The van der Waals surface area contributed by atoms with Gasteiger partial charge < -0.3 is 9.64 Å². The maximum atomic E-state index is 11.2. The number of likely N-dealkylation sites (tertiary alicyclic amines) is 1. The molecule has 1 fully saturated rings. The van der Waals surface area contributed by atoms with Crippen molar-refractivity contribution in [3.8, 4) is 5.75 Å². The Bertz CT molecular complexity index is 400. The molecule has 1 aromatic rings. The molecule has 2 rings (SSSR count). The summed E-state index contributed by atoms with van der Waals surface area (Å²) in [7, 11) is 0. The van der Waals surface area contributed by atoms with Crippen LogP contribution in [0.1, 0.15) is 19.8 Å². The van der Waals surface area contributed by atoms with Gasteiger partial charge in [-0.1, -0.05) is 23.7 Å². The van der Waals surface area contributed by atoms with Gasteiger partial charge in [0.1, 0.15) is 11.9 Å². The highest BCUT2D eigenvalue weighted by Gasteiger charge is 2.22. The molecule has 1 aromatic carbocycles. The Labute approximate surface area is 106 Å². The summed E-state index contributed by atoms with van der Waals surface area (Å²) in [4.78, 5) is 13.0. The van der Waals surface area contributed by atoms with E-state index in [9.17, 15) is 4.79 Å². The highest BCUT2D eigenvalue weighted by molar-refractivity contribution is 6.32. The standard InChI is InChI=1S/C13H16ClNO2/c1-10(16)15-8-6-11(7-9-15)17-13-5-3-2-4-12(13)14/h2-5,11H,6-9H2,1H3. The molecule has 0 aliphatic carbocycles. The summed E-state index contributed by atoms with van der Waals surface area (Å²) < 4.78 is 5.84. The van der Waals surface area contributed by atoms with Gasteiger partial charge in [0, 0.05) is 32.9 Å². The number of nitrogens with zero attached hydrogens (tertiary/aromatic N) is 1. The fraction of sp³-hybridized carbons (Fsp3) is 0.462. The van der Waals surface area contributed by atoms with Crippen molar-refractivity contribution in [3.63, 3.8) is 0 Å². The van der Waals surface area contributed by atoms with E-state index in [0.717, 1.165) is 31.7 Å². The molecule has 1 aliphatic heterocycles. The van der Waals surface area contributed by atoms with E-state index >= 15 is 0 Å². The van der Waals surface area contributed by atoms with Crippen LogP contribution in [0.4, 0.5) is 0 Å². The van der Waals surface area contributed by atoms with Crippen LogP contribution in [0.15, 0.2) is 24.3 Å². The molecule has 1 amide bonds. The Morgan fingerprint density at radius 2 is 2.00 bits per heavy atom. The number of hydrogen-bond acceptors (Lipinski definition) is 2. The van der Waals surface area contributed by atoms with Crippen LogP contribution in [0, 0.1) is 0 Å². The molecule has 17 heavy (non-hydrogen) atoms. The molecule has 92 valence electrons. The Kier molecular flexibility index (Phi) is 3.89. The maximum Gasteiger partial charge on any atom is 0.219 e. The number of halogens is 1. The van der Waals surface area contributed by atoms with E-state index in [1.54, 1.807) is 6.92 Å². The van der Waals surface area contributed by atoms with Gasteiger partial charge in [0.25, 0.3) is 0 Å². The van der Waals surface area contributed by atoms with Crippen LogP contribution in [0.25, 0.3) is 0 Å². The molecule has 1 saturated heterocycles. The molecule has 0 aromatic heterocycles. The van der Waals surface area contributed by atoms with Gasteiger partial charge in [-0.05, 0) is 12.1 Å². The Morgan fingerprint density at radius 1 is 1.35 bits per heavy atom. The lowest BCUT2D eigenvalue weighted by atomic mass is 10.1. The molecule has 0 N–H and O–H groups in total. The molecule has 1 aliphatic rings. The minimum absolute atomic E-state index is 0.140. The molecule has 3 nitrogen and oxygen atoms in total. The molecule has 0 spiro atoms. The van der Waals surface area contributed by atoms with Gasteiger partial charge in [0.15, 0.2) is 0 Å². The van der Waals surface area contributed by atoms with Gasteiger partial charge >= 0.3 is 0 Å². The van der Waals surface area contributed by atoms with Gasteiger partial charge in [-0.3, -0.25) is 4.79 Å². The van der Waals surface area contributed by atoms with Crippen molar-refractivity contribution < 1.29 is 9.53 Å². The third kappa shape index (κ3) is 3.13. The summed E-state index contributed by atoms with van der Waals surface area (Å²) in [5.41, 5.74) is 0. The second-order valence-corrected chi connectivity index (χ2v) is 4.66. The zero-order valence-corrected chi connectivity index (χ0v) is 10.6. The lowest BCUT2D eigenvalue weighted by Crippen LogP contribution is -2.40. The number of hydrogen-bond donors (Lipinski definition) is 0. The fourth-order valence-electron chi connectivity index (χ4n) is 2.01. The van der Waals surface area contributed by atoms with Crippen LogP contribution in [0.2, 0.25) is 5.02 Å². The second kappa shape index (κ2) is 5.41. The first-order valence-electron chi connectivity index (χ1n) is 5.83. The summed E-state index contributed by atoms with van der Waals surface area (Å²) in [6, 6.07) is 7.49. The number of amides is 1. The van der Waals surface area contributed by atoms with Crippen LogP contribution >= 0.6 is 11.6 Å². The van der Waals surface area contributed by atoms with Crippen molar-refractivity contribution in [1.82, 2.24) is 4.90 Å². The van der Waals surface area contributed by atoms with E-state index in [2.05, 4.69) is 0 Å². The summed E-state index contributed by atoms with van der Waals surface area (Å²) in [6.07, 6.45) is 1.89. The Morgan fingerprint density at radius 3 is 2.59 bits per heavy atom. The normalized spacial score (nSPS) is 16.9. The van der Waals surface area contributed by atoms with E-state index in [1.165, 1.54) is 0 Å². The minimum Gasteiger partial charge on any atom is -0.489 e. The number of carbonyl (C=O) groups excluding carboxylic acids is 1. The predicted octanol–water partition coefficient (Wildman–Crippen LogP) is 2.73. The van der Waals surface area contributed by atoms with Crippen molar-refractivity contribution in [2.75, 3.05) is 13.1 Å². The van der Waals surface area contributed by atoms with Gasteiger partial charge in [0.2, 0.25) is 5.91 Å². The van der Waals surface area contributed by atoms with Crippen molar-refractivity contribution in [3.05, 3.63) is 29.3 Å². The molecule has 0 atom stereocenters. The zero-order valence-electron chi connectivity index (χ0n) is 9.86. The van der Waals surface area contributed by atoms with E-state index < -0.39 is 0 Å². The first kappa shape index (κ1) is 12.2. The lowest BCUT2D eigenvalue weighted by Gasteiger charge is -2.31. The average Bonchev–Trinajstić information content (AvgIpc) is 2.33. The number of para-hydroxylation sites is 1. The number of rotatable bonds is 2. The van der Waals surface area contributed by atoms with Gasteiger partial charge in [-0.15, -0.1) is 0 Å². The molecule has 0 bridgehead atoms. The SMILES string of the molecule is CC(=O)N1CCC(Oc2ccccc2Cl)CC1. The predicted molar refractivity (Wildman–Crippen MR) is 67.4 cm³/mol. The fourth-order valence-corrected chi connectivity index (χ4v) is 2.19. The van der Waals surface area contributed by atoms with Gasteiger partial charge in [-0.25, -0.2) is 0 Å². The van der Waals surface area contributed by atoms with Crippen molar-refractivity contribution in [1.29, 1.82) is 0 Å². The lowest BCUT2D eigenvalue weighted by molar-refractivity contribution is -0.130.